The Morgan fingerprint density at radius 2 is 2.19 bits per heavy atom. The molecule has 0 aromatic carbocycles. The lowest BCUT2D eigenvalue weighted by Gasteiger charge is -2.45. The summed E-state index contributed by atoms with van der Waals surface area (Å²) in [5.74, 6) is 0.350. The van der Waals surface area contributed by atoms with E-state index in [4.69, 9.17) is 9.47 Å². The van der Waals surface area contributed by atoms with Crippen molar-refractivity contribution in [3.63, 3.8) is 0 Å². The van der Waals surface area contributed by atoms with Crippen LogP contribution in [0.25, 0.3) is 0 Å². The molecule has 5 nitrogen and oxygen atoms in total. The summed E-state index contributed by atoms with van der Waals surface area (Å²) in [7, 11) is 0. The van der Waals surface area contributed by atoms with Crippen LogP contribution in [-0.2, 0) is 19.1 Å². The summed E-state index contributed by atoms with van der Waals surface area (Å²) in [5, 5.41) is 0.0881. The van der Waals surface area contributed by atoms with Crippen LogP contribution in [0.15, 0.2) is 11.3 Å². The van der Waals surface area contributed by atoms with Gasteiger partial charge >= 0.3 is 5.97 Å². The highest BCUT2D eigenvalue weighted by Gasteiger charge is 2.47. The van der Waals surface area contributed by atoms with Crippen LogP contribution < -0.4 is 0 Å². The van der Waals surface area contributed by atoms with Crippen molar-refractivity contribution in [2.45, 2.75) is 57.1 Å². The molecule has 0 spiro atoms. The summed E-state index contributed by atoms with van der Waals surface area (Å²) in [6.45, 7) is 6.23. The van der Waals surface area contributed by atoms with Crippen molar-refractivity contribution in [2.24, 2.45) is 0 Å². The largest absolute Gasteiger partial charge is 0.455 e. The average molecular weight is 311 g/mol. The van der Waals surface area contributed by atoms with E-state index >= 15 is 0 Å². The number of carbonyl (C=O) groups excluding carboxylic acids is 2. The van der Waals surface area contributed by atoms with Crippen LogP contribution in [0.1, 0.15) is 40.0 Å². The topological polar surface area (TPSA) is 55.8 Å². The molecular weight excluding hydrogens is 290 g/mol. The predicted molar refractivity (Wildman–Crippen MR) is 79.6 cm³/mol. The fraction of sp³-hybridized carbons (Fsp3) is 0.733. The van der Waals surface area contributed by atoms with Crippen LogP contribution in [0.2, 0.25) is 0 Å². The van der Waals surface area contributed by atoms with Gasteiger partial charge in [-0.1, -0.05) is 0 Å². The number of β-lactam (4-membered cyclic amide) rings is 1. The van der Waals surface area contributed by atoms with Crippen LogP contribution in [0, 0.1) is 0 Å². The van der Waals surface area contributed by atoms with Crippen molar-refractivity contribution in [3.8, 4) is 0 Å². The van der Waals surface area contributed by atoms with Crippen LogP contribution in [0.3, 0.4) is 0 Å². The second kappa shape index (κ2) is 5.32. The maximum atomic E-state index is 12.6. The number of ether oxygens (including phenoxy) is 2. The summed E-state index contributed by atoms with van der Waals surface area (Å²) in [5.41, 5.74) is 0.799. The molecule has 1 amide bonds. The monoisotopic (exact) mass is 311 g/mol. The van der Waals surface area contributed by atoms with Crippen LogP contribution in [0.4, 0.5) is 0 Å². The number of rotatable bonds is 2. The van der Waals surface area contributed by atoms with E-state index in [0.29, 0.717) is 12.1 Å². The zero-order valence-corrected chi connectivity index (χ0v) is 13.5. The molecule has 2 atom stereocenters. The number of fused-ring (bicyclic) bond motifs is 1. The highest BCUT2D eigenvalue weighted by atomic mass is 32.2. The molecule has 0 radical (unpaired) electrons. The maximum Gasteiger partial charge on any atom is 0.355 e. The second-order valence-electron chi connectivity index (χ2n) is 6.61. The van der Waals surface area contributed by atoms with Crippen molar-refractivity contribution in [3.05, 3.63) is 11.3 Å². The van der Waals surface area contributed by atoms with Crippen molar-refractivity contribution in [2.75, 3.05) is 12.4 Å². The smallest absolute Gasteiger partial charge is 0.355 e. The Morgan fingerprint density at radius 1 is 1.43 bits per heavy atom. The van der Waals surface area contributed by atoms with Gasteiger partial charge in [-0.05, 0) is 39.2 Å². The Bertz CT molecular complexity index is 502. The summed E-state index contributed by atoms with van der Waals surface area (Å²) in [4.78, 5) is 26.1. The number of carbonyl (C=O) groups is 2. The van der Waals surface area contributed by atoms with Crippen molar-refractivity contribution < 1.29 is 19.1 Å². The van der Waals surface area contributed by atoms with E-state index in [1.165, 1.54) is 0 Å². The number of amides is 1. The third-order valence-corrected chi connectivity index (χ3v) is 5.03. The first kappa shape index (κ1) is 14.9. The van der Waals surface area contributed by atoms with Crippen LogP contribution in [-0.4, -0.2) is 46.2 Å². The van der Waals surface area contributed by atoms with Gasteiger partial charge in [0.1, 0.15) is 11.3 Å². The van der Waals surface area contributed by atoms with Gasteiger partial charge in [0.05, 0.1) is 17.9 Å². The van der Waals surface area contributed by atoms with E-state index in [1.54, 1.807) is 16.7 Å². The summed E-state index contributed by atoms with van der Waals surface area (Å²) >= 11 is 1.71. The zero-order chi connectivity index (χ0) is 15.2. The minimum Gasteiger partial charge on any atom is -0.455 e. The quantitative estimate of drug-likeness (QED) is 0.577. The highest BCUT2D eigenvalue weighted by Crippen LogP contribution is 2.43. The van der Waals surface area contributed by atoms with Crippen LogP contribution >= 0.6 is 11.8 Å². The molecule has 3 aliphatic rings. The summed E-state index contributed by atoms with van der Waals surface area (Å²) < 4.78 is 11.2. The van der Waals surface area contributed by atoms with Gasteiger partial charge in [0.15, 0.2) is 0 Å². The standard InChI is InChI=1S/C15H21NO4S/c1-15(2,3)20-14(18)13-9(10-5-4-6-19-10)8-21-12-7-11(17)16(12)13/h10,12H,4-8H2,1-3H3/t10-,12?/m0/s1. The Morgan fingerprint density at radius 3 is 2.76 bits per heavy atom. The first-order chi connectivity index (χ1) is 9.87. The lowest BCUT2D eigenvalue weighted by Crippen LogP contribution is -2.55. The van der Waals surface area contributed by atoms with Gasteiger partial charge in [-0.2, -0.15) is 0 Å². The van der Waals surface area contributed by atoms with Crippen molar-refractivity contribution >= 4 is 23.6 Å². The molecular formula is C15H21NO4S. The number of nitrogens with zero attached hydrogens (tertiary/aromatic N) is 1. The molecule has 0 aromatic rings. The normalized spacial score (nSPS) is 29.3. The van der Waals surface area contributed by atoms with Gasteiger partial charge in [-0.25, -0.2) is 4.79 Å². The Balaban J connectivity index is 1.93. The van der Waals surface area contributed by atoms with E-state index in [9.17, 15) is 9.59 Å². The molecule has 0 N–H and O–H groups in total. The van der Waals surface area contributed by atoms with E-state index < -0.39 is 11.6 Å². The van der Waals surface area contributed by atoms with E-state index in [1.807, 2.05) is 20.8 Å². The fourth-order valence-corrected chi connectivity index (χ4v) is 4.18. The number of hydrogen-bond acceptors (Lipinski definition) is 5. The molecule has 1 unspecified atom stereocenters. The minimum atomic E-state index is -0.570. The molecule has 116 valence electrons. The van der Waals surface area contributed by atoms with Crippen molar-refractivity contribution in [1.82, 2.24) is 4.90 Å². The molecule has 0 saturated carbocycles. The van der Waals surface area contributed by atoms with E-state index in [0.717, 1.165) is 30.8 Å². The molecule has 2 saturated heterocycles. The molecule has 2 fully saturated rings. The van der Waals surface area contributed by atoms with Crippen molar-refractivity contribution in [1.29, 1.82) is 0 Å². The number of esters is 1. The Hall–Kier alpha value is -1.01. The Labute approximate surface area is 129 Å². The molecule has 0 aliphatic carbocycles. The van der Waals surface area contributed by atoms with Gasteiger partial charge in [-0.3, -0.25) is 9.69 Å². The molecule has 21 heavy (non-hydrogen) atoms. The van der Waals surface area contributed by atoms with E-state index in [2.05, 4.69) is 0 Å². The lowest BCUT2D eigenvalue weighted by molar-refractivity contribution is -0.157. The molecule has 3 rings (SSSR count). The van der Waals surface area contributed by atoms with Gasteiger partial charge in [-0.15, -0.1) is 11.8 Å². The molecule has 3 heterocycles. The SMILES string of the molecule is CC(C)(C)OC(=O)C1=C([C@@H]2CCCO2)CSC2CC(=O)N12. The average Bonchev–Trinajstić information content (AvgIpc) is 2.88. The summed E-state index contributed by atoms with van der Waals surface area (Å²) in [6.07, 6.45) is 2.37. The molecule has 6 heteroatoms. The Kier molecular flexibility index (Phi) is 3.78. The fourth-order valence-electron chi connectivity index (χ4n) is 2.85. The molecule has 0 bridgehead atoms. The second-order valence-corrected chi connectivity index (χ2v) is 7.78. The van der Waals surface area contributed by atoms with Crippen LogP contribution in [0.5, 0.6) is 0 Å². The minimum absolute atomic E-state index is 0.00329. The first-order valence-corrected chi connectivity index (χ1v) is 8.43. The van der Waals surface area contributed by atoms with Gasteiger partial charge < -0.3 is 9.47 Å². The van der Waals surface area contributed by atoms with Gasteiger partial charge in [0.2, 0.25) is 5.91 Å². The maximum absolute atomic E-state index is 12.6. The lowest BCUT2D eigenvalue weighted by atomic mass is 10.0. The molecule has 0 aromatic heterocycles. The summed E-state index contributed by atoms with van der Waals surface area (Å²) in [6, 6.07) is 0. The van der Waals surface area contributed by atoms with E-state index in [-0.39, 0.29) is 17.4 Å². The third kappa shape index (κ3) is 2.83. The van der Waals surface area contributed by atoms with Gasteiger partial charge in [0.25, 0.3) is 0 Å². The van der Waals surface area contributed by atoms with Gasteiger partial charge in [0, 0.05) is 12.4 Å². The zero-order valence-electron chi connectivity index (χ0n) is 12.7. The highest BCUT2D eigenvalue weighted by molar-refractivity contribution is 8.00. The first-order valence-electron chi connectivity index (χ1n) is 7.38. The molecule has 3 aliphatic heterocycles. The number of thioether (sulfide) groups is 1. The predicted octanol–water partition coefficient (Wildman–Crippen LogP) is 2.07. The third-order valence-electron chi connectivity index (χ3n) is 3.79. The number of hydrogen-bond donors (Lipinski definition) is 0.